The molecule has 0 saturated carbocycles. The summed E-state index contributed by atoms with van der Waals surface area (Å²) in [6.07, 6.45) is 0. The van der Waals surface area contributed by atoms with Crippen LogP contribution in [0.3, 0.4) is 0 Å². The average Bonchev–Trinajstić information content (AvgIpc) is 2.38. The molecule has 0 aromatic heterocycles. The Morgan fingerprint density at radius 3 is 2.77 bits per heavy atom. The van der Waals surface area contributed by atoms with Crippen molar-refractivity contribution in [1.82, 2.24) is 0 Å². The number of halogens is 2. The van der Waals surface area contributed by atoms with Gasteiger partial charge in [0.05, 0.1) is 15.6 Å². The lowest BCUT2D eigenvalue weighted by molar-refractivity contribution is 0.492. The highest BCUT2D eigenvalue weighted by Crippen LogP contribution is 2.45. The van der Waals surface area contributed by atoms with Crippen molar-refractivity contribution >= 4 is 17.4 Å². The number of nitrogens with zero attached hydrogens (tertiary/aromatic N) is 1. The van der Waals surface area contributed by atoms with Gasteiger partial charge in [0.15, 0.2) is 11.6 Å². The van der Waals surface area contributed by atoms with Crippen LogP contribution < -0.4 is 4.90 Å². The Labute approximate surface area is 79.0 Å². The van der Waals surface area contributed by atoms with E-state index in [9.17, 15) is 8.78 Å². The van der Waals surface area contributed by atoms with E-state index in [0.717, 1.165) is 17.8 Å². The van der Waals surface area contributed by atoms with Crippen molar-refractivity contribution < 1.29 is 8.78 Å². The average molecular weight is 199 g/mol. The first kappa shape index (κ1) is 8.56. The van der Waals surface area contributed by atoms with Gasteiger partial charge in [0.1, 0.15) is 0 Å². The van der Waals surface area contributed by atoms with Gasteiger partial charge in [0.2, 0.25) is 0 Å². The Morgan fingerprint density at radius 1 is 1.38 bits per heavy atom. The van der Waals surface area contributed by atoms with E-state index in [1.54, 1.807) is 18.0 Å². The van der Waals surface area contributed by atoms with E-state index in [4.69, 9.17) is 0 Å². The van der Waals surface area contributed by atoms with Crippen LogP contribution in [-0.2, 0) is 0 Å². The maximum Gasteiger partial charge on any atom is 0.174 e. The third-order valence-electron chi connectivity index (χ3n) is 1.98. The van der Waals surface area contributed by atoms with Gasteiger partial charge in [-0.3, -0.25) is 0 Å². The third-order valence-corrected chi connectivity index (χ3v) is 3.09. The molecule has 2 rings (SSSR count). The number of anilines is 1. The fraction of sp³-hybridized carbons (Fsp3) is 0.111. The predicted octanol–water partition coefficient (Wildman–Crippen LogP) is 2.98. The van der Waals surface area contributed by atoms with E-state index >= 15 is 0 Å². The zero-order chi connectivity index (χ0) is 9.59. The van der Waals surface area contributed by atoms with Crippen LogP contribution in [0.1, 0.15) is 0 Å². The Kier molecular flexibility index (Phi) is 1.80. The van der Waals surface area contributed by atoms with E-state index < -0.39 is 11.6 Å². The lowest BCUT2D eigenvalue weighted by Crippen LogP contribution is -2.08. The highest BCUT2D eigenvalue weighted by molar-refractivity contribution is 8.03. The summed E-state index contributed by atoms with van der Waals surface area (Å²) < 4.78 is 26.0. The second-order valence-electron chi connectivity index (χ2n) is 2.76. The molecular weight excluding hydrogens is 192 g/mol. The second-order valence-corrected chi connectivity index (χ2v) is 3.85. The molecule has 1 aliphatic rings. The number of thioether (sulfide) groups is 1. The van der Waals surface area contributed by atoms with Gasteiger partial charge in [-0.1, -0.05) is 18.3 Å². The molecule has 0 saturated heterocycles. The Hall–Kier alpha value is -1.03. The molecule has 1 aliphatic heterocycles. The molecular formula is C9H7F2NS. The van der Waals surface area contributed by atoms with E-state index in [0.29, 0.717) is 15.6 Å². The Morgan fingerprint density at radius 2 is 2.08 bits per heavy atom. The molecule has 0 bridgehead atoms. The molecule has 0 fully saturated rings. The first-order valence-corrected chi connectivity index (χ1v) is 4.51. The summed E-state index contributed by atoms with van der Waals surface area (Å²) in [4.78, 5) is 2.07. The molecule has 1 heterocycles. The van der Waals surface area contributed by atoms with Gasteiger partial charge >= 0.3 is 0 Å². The van der Waals surface area contributed by atoms with Gasteiger partial charge in [-0.15, -0.1) is 0 Å². The minimum Gasteiger partial charge on any atom is -0.339 e. The SMILES string of the molecule is C=C1Sc2c(ccc(F)c2F)N1C. The lowest BCUT2D eigenvalue weighted by Gasteiger charge is -2.11. The van der Waals surface area contributed by atoms with Crippen LogP contribution in [0, 0.1) is 11.6 Å². The second kappa shape index (κ2) is 2.73. The molecule has 0 aliphatic carbocycles. The van der Waals surface area contributed by atoms with E-state index in [-0.39, 0.29) is 0 Å². The number of hydrogen-bond donors (Lipinski definition) is 0. The van der Waals surface area contributed by atoms with Gasteiger partial charge in [0.25, 0.3) is 0 Å². The number of fused-ring (bicyclic) bond motifs is 1. The zero-order valence-corrected chi connectivity index (χ0v) is 7.79. The van der Waals surface area contributed by atoms with Crippen molar-refractivity contribution in [2.24, 2.45) is 0 Å². The van der Waals surface area contributed by atoms with Gasteiger partial charge < -0.3 is 4.90 Å². The lowest BCUT2D eigenvalue weighted by atomic mass is 10.3. The van der Waals surface area contributed by atoms with Crippen molar-refractivity contribution in [1.29, 1.82) is 0 Å². The molecule has 1 nitrogen and oxygen atoms in total. The van der Waals surface area contributed by atoms with Crippen LogP contribution in [0.5, 0.6) is 0 Å². The minimum absolute atomic E-state index is 0.326. The fourth-order valence-corrected chi connectivity index (χ4v) is 2.17. The molecule has 68 valence electrons. The summed E-state index contributed by atoms with van der Waals surface area (Å²) in [5, 5.41) is 0.708. The van der Waals surface area contributed by atoms with E-state index in [2.05, 4.69) is 6.58 Å². The standard InChI is InChI=1S/C9H7F2NS/c1-5-12(2)7-4-3-6(10)8(11)9(7)13-5/h3-4H,1H2,2H3. The number of hydrogen-bond acceptors (Lipinski definition) is 2. The highest BCUT2D eigenvalue weighted by Gasteiger charge is 2.25. The summed E-state index contributed by atoms with van der Waals surface area (Å²) in [5.41, 5.74) is 0.675. The van der Waals surface area contributed by atoms with Crippen molar-refractivity contribution in [2.75, 3.05) is 11.9 Å². The van der Waals surface area contributed by atoms with Crippen molar-refractivity contribution in [2.45, 2.75) is 4.90 Å². The topological polar surface area (TPSA) is 3.24 Å². The van der Waals surface area contributed by atoms with Crippen molar-refractivity contribution in [3.63, 3.8) is 0 Å². The largest absolute Gasteiger partial charge is 0.339 e. The first-order chi connectivity index (χ1) is 6.11. The summed E-state index contributed by atoms with van der Waals surface area (Å²) in [5.74, 6) is -1.60. The van der Waals surface area contributed by atoms with Gasteiger partial charge in [-0.25, -0.2) is 8.78 Å². The minimum atomic E-state index is -0.811. The number of rotatable bonds is 0. The smallest absolute Gasteiger partial charge is 0.174 e. The fourth-order valence-electron chi connectivity index (χ4n) is 1.20. The van der Waals surface area contributed by atoms with E-state index in [1.165, 1.54) is 0 Å². The molecule has 0 spiro atoms. The van der Waals surface area contributed by atoms with Gasteiger partial charge in [0, 0.05) is 7.05 Å². The first-order valence-electron chi connectivity index (χ1n) is 3.69. The predicted molar refractivity (Wildman–Crippen MR) is 49.8 cm³/mol. The summed E-state index contributed by atoms with van der Waals surface area (Å²) in [7, 11) is 1.78. The Bertz CT molecular complexity index is 389. The van der Waals surface area contributed by atoms with Crippen LogP contribution in [0.2, 0.25) is 0 Å². The summed E-state index contributed by atoms with van der Waals surface area (Å²) in [6.45, 7) is 3.72. The Balaban J connectivity index is 2.64. The zero-order valence-electron chi connectivity index (χ0n) is 6.97. The molecule has 0 atom stereocenters. The van der Waals surface area contributed by atoms with Crippen molar-refractivity contribution in [3.05, 3.63) is 35.4 Å². The van der Waals surface area contributed by atoms with E-state index in [1.807, 2.05) is 0 Å². The monoisotopic (exact) mass is 199 g/mol. The van der Waals surface area contributed by atoms with Crippen LogP contribution in [-0.4, -0.2) is 7.05 Å². The quantitative estimate of drug-likeness (QED) is 0.632. The molecule has 0 N–H and O–H groups in total. The highest BCUT2D eigenvalue weighted by atomic mass is 32.2. The molecule has 1 aromatic rings. The normalized spacial score (nSPS) is 15.0. The summed E-state index contributed by atoms with van der Waals surface area (Å²) >= 11 is 1.16. The van der Waals surface area contributed by atoms with Gasteiger partial charge in [-0.05, 0) is 12.1 Å². The molecule has 0 unspecified atom stereocenters. The number of benzene rings is 1. The molecule has 4 heteroatoms. The van der Waals surface area contributed by atoms with Gasteiger partial charge in [-0.2, -0.15) is 0 Å². The summed E-state index contributed by atoms with van der Waals surface area (Å²) in [6, 6.07) is 2.68. The van der Waals surface area contributed by atoms with Crippen LogP contribution >= 0.6 is 11.8 Å². The van der Waals surface area contributed by atoms with Crippen LogP contribution in [0.4, 0.5) is 14.5 Å². The molecule has 1 aromatic carbocycles. The van der Waals surface area contributed by atoms with Crippen molar-refractivity contribution in [3.8, 4) is 0 Å². The molecule has 0 radical (unpaired) electrons. The maximum atomic E-state index is 13.2. The maximum absolute atomic E-state index is 13.2. The third kappa shape index (κ3) is 1.13. The van der Waals surface area contributed by atoms with Crippen LogP contribution in [0.25, 0.3) is 0 Å². The van der Waals surface area contributed by atoms with Crippen LogP contribution in [0.15, 0.2) is 28.6 Å². The molecule has 13 heavy (non-hydrogen) atoms. The molecule has 0 amide bonds.